The van der Waals surface area contributed by atoms with Crippen molar-refractivity contribution < 1.29 is 13.2 Å². The Labute approximate surface area is 149 Å². The summed E-state index contributed by atoms with van der Waals surface area (Å²) in [4.78, 5) is 12.6. The molecule has 1 aromatic rings. The van der Waals surface area contributed by atoms with E-state index >= 15 is 0 Å². The molecule has 0 spiro atoms. The SMILES string of the molecule is Cn1cc(S(=O)(=O)N2CCCCC2)cc1C(=O)NCC1=CCNCC1. The minimum atomic E-state index is -3.52. The summed E-state index contributed by atoms with van der Waals surface area (Å²) < 4.78 is 28.6. The number of nitrogens with zero attached hydrogens (tertiary/aromatic N) is 2. The fourth-order valence-corrected chi connectivity index (χ4v) is 4.86. The number of nitrogens with one attached hydrogen (secondary N) is 2. The molecule has 0 unspecified atom stereocenters. The zero-order chi connectivity index (χ0) is 17.9. The van der Waals surface area contributed by atoms with Gasteiger partial charge in [-0.25, -0.2) is 8.42 Å². The number of carbonyl (C=O) groups excluding carboxylic acids is 1. The number of aromatic nitrogens is 1. The summed E-state index contributed by atoms with van der Waals surface area (Å²) in [5, 5.41) is 6.12. The number of hydrogen-bond acceptors (Lipinski definition) is 4. The molecule has 1 amide bonds. The van der Waals surface area contributed by atoms with Crippen molar-refractivity contribution in [3.8, 4) is 0 Å². The minimum Gasteiger partial charge on any atom is -0.347 e. The third kappa shape index (κ3) is 4.13. The summed E-state index contributed by atoms with van der Waals surface area (Å²) in [5.41, 5.74) is 1.56. The number of piperidine rings is 1. The van der Waals surface area contributed by atoms with E-state index in [1.54, 1.807) is 11.6 Å². The maximum absolute atomic E-state index is 12.7. The van der Waals surface area contributed by atoms with Crippen LogP contribution in [-0.4, -0.2) is 55.9 Å². The van der Waals surface area contributed by atoms with Crippen LogP contribution in [0.15, 0.2) is 28.8 Å². The normalized spacial score (nSPS) is 19.5. The van der Waals surface area contributed by atoms with Crippen LogP contribution in [0.5, 0.6) is 0 Å². The molecule has 3 rings (SSSR count). The smallest absolute Gasteiger partial charge is 0.268 e. The average molecular weight is 366 g/mol. The summed E-state index contributed by atoms with van der Waals surface area (Å²) in [6.45, 7) is 3.36. The van der Waals surface area contributed by atoms with Crippen LogP contribution in [0.3, 0.4) is 0 Å². The van der Waals surface area contributed by atoms with Gasteiger partial charge in [0.2, 0.25) is 10.0 Å². The first-order chi connectivity index (χ1) is 12.0. The summed E-state index contributed by atoms with van der Waals surface area (Å²) in [7, 11) is -1.82. The van der Waals surface area contributed by atoms with Gasteiger partial charge in [-0.05, 0) is 31.9 Å². The zero-order valence-electron chi connectivity index (χ0n) is 14.6. The standard InChI is InChI=1S/C17H26N4O3S/c1-20-13-15(25(23,24)21-9-3-2-4-10-21)11-16(20)17(22)19-12-14-5-7-18-8-6-14/h5,11,13,18H,2-4,6-10,12H2,1H3,(H,19,22). The monoisotopic (exact) mass is 366 g/mol. The first kappa shape index (κ1) is 18.2. The van der Waals surface area contributed by atoms with Crippen LogP contribution < -0.4 is 10.6 Å². The van der Waals surface area contributed by atoms with Crippen molar-refractivity contribution in [3.05, 3.63) is 29.6 Å². The second-order valence-electron chi connectivity index (χ2n) is 6.64. The Balaban J connectivity index is 1.70. The molecule has 25 heavy (non-hydrogen) atoms. The summed E-state index contributed by atoms with van der Waals surface area (Å²) in [5.74, 6) is -0.248. The van der Waals surface area contributed by atoms with Gasteiger partial charge in [-0.1, -0.05) is 18.1 Å². The molecule has 1 aromatic heterocycles. The van der Waals surface area contributed by atoms with E-state index in [1.165, 1.54) is 22.1 Å². The van der Waals surface area contributed by atoms with Crippen LogP contribution in [0.25, 0.3) is 0 Å². The predicted octanol–water partition coefficient (Wildman–Crippen LogP) is 0.849. The number of rotatable bonds is 5. The predicted molar refractivity (Wildman–Crippen MR) is 95.9 cm³/mol. The van der Waals surface area contributed by atoms with Gasteiger partial charge in [-0.2, -0.15) is 4.31 Å². The van der Waals surface area contributed by atoms with Gasteiger partial charge in [-0.15, -0.1) is 0 Å². The number of aryl methyl sites for hydroxylation is 1. The second-order valence-corrected chi connectivity index (χ2v) is 8.57. The molecular formula is C17H26N4O3S. The molecule has 2 aliphatic heterocycles. The van der Waals surface area contributed by atoms with E-state index in [2.05, 4.69) is 16.7 Å². The van der Waals surface area contributed by atoms with Crippen molar-refractivity contribution >= 4 is 15.9 Å². The van der Waals surface area contributed by atoms with Gasteiger partial charge in [0.15, 0.2) is 0 Å². The van der Waals surface area contributed by atoms with Crippen LogP contribution in [0, 0.1) is 0 Å². The molecule has 8 heteroatoms. The van der Waals surface area contributed by atoms with Crippen LogP contribution in [0.1, 0.15) is 36.2 Å². The lowest BCUT2D eigenvalue weighted by Gasteiger charge is -2.25. The average Bonchev–Trinajstić information content (AvgIpc) is 3.04. The Bertz CT molecular complexity index is 761. The van der Waals surface area contributed by atoms with E-state index in [1.807, 2.05) is 0 Å². The van der Waals surface area contributed by atoms with E-state index in [0.29, 0.717) is 25.3 Å². The van der Waals surface area contributed by atoms with Crippen molar-refractivity contribution in [2.45, 2.75) is 30.6 Å². The molecule has 7 nitrogen and oxygen atoms in total. The van der Waals surface area contributed by atoms with E-state index < -0.39 is 10.0 Å². The van der Waals surface area contributed by atoms with Gasteiger partial charge < -0.3 is 15.2 Å². The highest BCUT2D eigenvalue weighted by molar-refractivity contribution is 7.89. The molecule has 1 saturated heterocycles. The molecule has 0 aliphatic carbocycles. The van der Waals surface area contributed by atoms with Crippen LogP contribution in [-0.2, 0) is 17.1 Å². The first-order valence-corrected chi connectivity index (χ1v) is 10.3. The van der Waals surface area contributed by atoms with E-state index in [9.17, 15) is 13.2 Å². The molecule has 2 aliphatic rings. The Morgan fingerprint density at radius 2 is 2.04 bits per heavy atom. The number of sulfonamides is 1. The third-order valence-corrected chi connectivity index (χ3v) is 6.66. The molecule has 3 heterocycles. The van der Waals surface area contributed by atoms with Crippen LogP contribution >= 0.6 is 0 Å². The van der Waals surface area contributed by atoms with Crippen molar-refractivity contribution in [2.24, 2.45) is 7.05 Å². The van der Waals surface area contributed by atoms with Crippen molar-refractivity contribution in [2.75, 3.05) is 32.7 Å². The quantitative estimate of drug-likeness (QED) is 0.757. The maximum atomic E-state index is 12.7. The zero-order valence-corrected chi connectivity index (χ0v) is 15.4. The lowest BCUT2D eigenvalue weighted by atomic mass is 10.1. The topological polar surface area (TPSA) is 83.4 Å². The summed E-state index contributed by atoms with van der Waals surface area (Å²) >= 11 is 0. The molecule has 2 N–H and O–H groups in total. The van der Waals surface area contributed by atoms with Gasteiger partial charge in [-0.3, -0.25) is 4.79 Å². The lowest BCUT2D eigenvalue weighted by molar-refractivity contribution is 0.0948. The molecular weight excluding hydrogens is 340 g/mol. The molecule has 0 radical (unpaired) electrons. The van der Waals surface area contributed by atoms with Crippen molar-refractivity contribution in [1.82, 2.24) is 19.5 Å². The number of amides is 1. The molecule has 0 bridgehead atoms. The second kappa shape index (κ2) is 7.72. The highest BCUT2D eigenvalue weighted by Crippen LogP contribution is 2.22. The molecule has 0 atom stereocenters. The molecule has 1 fully saturated rings. The third-order valence-electron chi connectivity index (χ3n) is 4.80. The van der Waals surface area contributed by atoms with Gasteiger partial charge >= 0.3 is 0 Å². The van der Waals surface area contributed by atoms with Gasteiger partial charge in [0.05, 0.1) is 0 Å². The van der Waals surface area contributed by atoms with E-state index in [-0.39, 0.29) is 10.8 Å². The Morgan fingerprint density at radius 3 is 2.72 bits per heavy atom. The van der Waals surface area contributed by atoms with Crippen LogP contribution in [0.2, 0.25) is 0 Å². The van der Waals surface area contributed by atoms with Crippen LogP contribution in [0.4, 0.5) is 0 Å². The molecule has 0 aromatic carbocycles. The Kier molecular flexibility index (Phi) is 5.61. The molecule has 0 saturated carbocycles. The molecule has 138 valence electrons. The van der Waals surface area contributed by atoms with Gasteiger partial charge in [0, 0.05) is 39.4 Å². The summed E-state index contributed by atoms with van der Waals surface area (Å²) in [6, 6.07) is 1.48. The van der Waals surface area contributed by atoms with Crippen molar-refractivity contribution in [1.29, 1.82) is 0 Å². The highest BCUT2D eigenvalue weighted by Gasteiger charge is 2.28. The number of carbonyl (C=O) groups is 1. The largest absolute Gasteiger partial charge is 0.347 e. The highest BCUT2D eigenvalue weighted by atomic mass is 32.2. The fourth-order valence-electron chi connectivity index (χ4n) is 3.27. The van der Waals surface area contributed by atoms with E-state index in [4.69, 9.17) is 0 Å². The minimum absolute atomic E-state index is 0.197. The Hall–Kier alpha value is -1.64. The lowest BCUT2D eigenvalue weighted by Crippen LogP contribution is -2.35. The first-order valence-electron chi connectivity index (χ1n) is 8.82. The Morgan fingerprint density at radius 1 is 1.28 bits per heavy atom. The van der Waals surface area contributed by atoms with Crippen molar-refractivity contribution in [3.63, 3.8) is 0 Å². The fraction of sp³-hybridized carbons (Fsp3) is 0.588. The summed E-state index contributed by atoms with van der Waals surface area (Å²) in [6.07, 6.45) is 7.39. The van der Waals surface area contributed by atoms with E-state index in [0.717, 1.165) is 38.8 Å². The maximum Gasteiger partial charge on any atom is 0.268 e. The number of hydrogen-bond donors (Lipinski definition) is 2. The van der Waals surface area contributed by atoms with Gasteiger partial charge in [0.25, 0.3) is 5.91 Å². The van der Waals surface area contributed by atoms with Gasteiger partial charge in [0.1, 0.15) is 10.6 Å².